The summed E-state index contributed by atoms with van der Waals surface area (Å²) in [5, 5.41) is 7.07. The van der Waals surface area contributed by atoms with Crippen LogP contribution in [-0.2, 0) is 14.4 Å². The number of hydrogen-bond acceptors (Lipinski definition) is 8. The van der Waals surface area contributed by atoms with Gasteiger partial charge in [0.1, 0.15) is 23.5 Å². The fourth-order valence-electron chi connectivity index (χ4n) is 4.19. The molecular weight excluding hydrogens is 534 g/mol. The van der Waals surface area contributed by atoms with Crippen molar-refractivity contribution in [2.45, 2.75) is 31.8 Å². The lowest BCUT2D eigenvalue weighted by Gasteiger charge is -2.29. The third kappa shape index (κ3) is 6.18. The zero-order chi connectivity index (χ0) is 29.0. The van der Waals surface area contributed by atoms with Gasteiger partial charge in [0.25, 0.3) is 11.8 Å². The summed E-state index contributed by atoms with van der Waals surface area (Å²) >= 11 is 1.08. The van der Waals surface area contributed by atoms with Gasteiger partial charge in [-0.3, -0.25) is 19.2 Å². The number of anilines is 1. The Hall–Kier alpha value is -4.58. The Morgan fingerprint density at radius 1 is 1.10 bits per heavy atom. The molecule has 3 aromatic rings. The number of aromatic nitrogens is 1. The Labute approximate surface area is 235 Å². The van der Waals surface area contributed by atoms with Gasteiger partial charge in [0, 0.05) is 32.3 Å². The highest BCUT2D eigenvalue weighted by molar-refractivity contribution is 7.14. The molecule has 1 aromatic heterocycles. The summed E-state index contributed by atoms with van der Waals surface area (Å²) in [6, 6.07) is 12.6. The lowest BCUT2D eigenvalue weighted by molar-refractivity contribution is -0.134. The number of ketones is 1. The van der Waals surface area contributed by atoms with Gasteiger partial charge in [-0.1, -0.05) is 49.4 Å². The quantitative estimate of drug-likeness (QED) is 0.285. The lowest BCUT2D eigenvalue weighted by Crippen LogP contribution is -2.50. The van der Waals surface area contributed by atoms with Crippen molar-refractivity contribution in [1.29, 1.82) is 0 Å². The molecular formula is C28H29N5O6S. The number of nitrogens with one attached hydrogen (secondary N) is 2. The molecule has 0 radical (unpaired) electrons. The van der Waals surface area contributed by atoms with Gasteiger partial charge in [-0.2, -0.15) is 0 Å². The number of likely N-dealkylation sites (N-methyl/N-ethyl adjacent to an activating group) is 1. The SMILES string of the molecule is CC(=O)c1csc(NC(=O)[C@H]([C@@H](C)c2ccccc2)N2C(=O)NC(c3ccc(OCC(=O)N(C)C)cc3)C2=O)n1. The maximum absolute atomic E-state index is 13.6. The molecule has 1 unspecified atom stereocenters. The first-order chi connectivity index (χ1) is 19.1. The molecule has 1 aliphatic rings. The van der Waals surface area contributed by atoms with Gasteiger partial charge in [-0.25, -0.2) is 14.7 Å². The first-order valence-electron chi connectivity index (χ1n) is 12.5. The number of carbonyl (C=O) groups is 5. The highest BCUT2D eigenvalue weighted by atomic mass is 32.1. The first-order valence-corrected chi connectivity index (χ1v) is 13.3. The Morgan fingerprint density at radius 2 is 1.77 bits per heavy atom. The molecule has 0 bridgehead atoms. The van der Waals surface area contributed by atoms with E-state index >= 15 is 0 Å². The van der Waals surface area contributed by atoms with Crippen LogP contribution in [0.4, 0.5) is 9.93 Å². The van der Waals surface area contributed by atoms with Crippen molar-refractivity contribution in [3.63, 3.8) is 0 Å². The third-order valence-electron chi connectivity index (χ3n) is 6.49. The average Bonchev–Trinajstić information content (AvgIpc) is 3.52. The number of amides is 5. The largest absolute Gasteiger partial charge is 0.484 e. The molecule has 2 N–H and O–H groups in total. The number of nitrogens with zero attached hydrogens (tertiary/aromatic N) is 3. The predicted molar refractivity (Wildman–Crippen MR) is 148 cm³/mol. The lowest BCUT2D eigenvalue weighted by atomic mass is 9.91. The molecule has 5 amide bonds. The van der Waals surface area contributed by atoms with Crippen molar-refractivity contribution in [3.8, 4) is 5.75 Å². The Kier molecular flexibility index (Phi) is 8.58. The van der Waals surface area contributed by atoms with E-state index in [4.69, 9.17) is 4.74 Å². The highest BCUT2D eigenvalue weighted by Gasteiger charge is 2.47. The molecule has 0 aliphatic carbocycles. The van der Waals surface area contributed by atoms with Gasteiger partial charge in [-0.05, 0) is 23.3 Å². The number of Topliss-reactive ketones (excluding diaryl/α,β-unsaturated/α-hetero) is 1. The first kappa shape index (κ1) is 28.4. The molecule has 1 aliphatic heterocycles. The van der Waals surface area contributed by atoms with E-state index in [2.05, 4.69) is 15.6 Å². The van der Waals surface area contributed by atoms with Gasteiger partial charge in [0.2, 0.25) is 5.91 Å². The number of benzene rings is 2. The van der Waals surface area contributed by atoms with E-state index < -0.39 is 35.8 Å². The summed E-state index contributed by atoms with van der Waals surface area (Å²) in [7, 11) is 3.25. The number of ether oxygens (including phenoxy) is 1. The topological polar surface area (TPSA) is 138 Å². The predicted octanol–water partition coefficient (Wildman–Crippen LogP) is 3.22. The molecule has 0 saturated carbocycles. The summed E-state index contributed by atoms with van der Waals surface area (Å²) in [5.74, 6) is -1.79. The van der Waals surface area contributed by atoms with Crippen LogP contribution in [-0.4, -0.2) is 71.1 Å². The molecule has 0 spiro atoms. The maximum Gasteiger partial charge on any atom is 0.325 e. The van der Waals surface area contributed by atoms with Crippen LogP contribution < -0.4 is 15.4 Å². The summed E-state index contributed by atoms with van der Waals surface area (Å²) < 4.78 is 5.49. The van der Waals surface area contributed by atoms with Crippen molar-refractivity contribution < 1.29 is 28.7 Å². The minimum atomic E-state index is -1.20. The van der Waals surface area contributed by atoms with Gasteiger partial charge in [0.15, 0.2) is 17.5 Å². The zero-order valence-corrected chi connectivity index (χ0v) is 23.2. The van der Waals surface area contributed by atoms with Crippen LogP contribution in [0, 0.1) is 0 Å². The number of carbonyl (C=O) groups excluding carboxylic acids is 5. The Balaban J connectivity index is 1.58. The second kappa shape index (κ2) is 12.1. The van der Waals surface area contributed by atoms with Gasteiger partial charge in [-0.15, -0.1) is 11.3 Å². The molecule has 2 heterocycles. The third-order valence-corrected chi connectivity index (χ3v) is 7.24. The number of thiazole rings is 1. The van der Waals surface area contributed by atoms with Crippen molar-refractivity contribution in [2.75, 3.05) is 26.0 Å². The highest BCUT2D eigenvalue weighted by Crippen LogP contribution is 2.32. The van der Waals surface area contributed by atoms with Gasteiger partial charge < -0.3 is 20.3 Å². The molecule has 2 aromatic carbocycles. The second-order valence-electron chi connectivity index (χ2n) is 9.46. The van der Waals surface area contributed by atoms with Gasteiger partial charge in [0.05, 0.1) is 0 Å². The number of hydrogen-bond donors (Lipinski definition) is 2. The van der Waals surface area contributed by atoms with Gasteiger partial charge >= 0.3 is 6.03 Å². The number of rotatable bonds is 10. The van der Waals surface area contributed by atoms with E-state index in [0.29, 0.717) is 11.3 Å². The standard InChI is InChI=1S/C28H29N5O6S/c1-16(18-8-6-5-7-9-18)24(25(36)31-27-29-21(15-40-27)17(2)34)33-26(37)23(30-28(33)38)19-10-12-20(13-11-19)39-14-22(35)32(3)4/h5-13,15-16,23-24H,14H2,1-4H3,(H,30,38)(H,29,31,36)/t16-,23?,24-/m0/s1. The molecule has 11 nitrogen and oxygen atoms in total. The summed E-state index contributed by atoms with van der Waals surface area (Å²) in [4.78, 5) is 70.4. The van der Waals surface area contributed by atoms with Crippen LogP contribution in [0.15, 0.2) is 60.0 Å². The average molecular weight is 564 g/mol. The van der Waals surface area contributed by atoms with E-state index in [9.17, 15) is 24.0 Å². The van der Waals surface area contributed by atoms with Crippen LogP contribution in [0.1, 0.15) is 47.4 Å². The molecule has 208 valence electrons. The summed E-state index contributed by atoms with van der Waals surface area (Å²) in [6.45, 7) is 2.99. The summed E-state index contributed by atoms with van der Waals surface area (Å²) in [5.41, 5.74) is 1.45. The minimum Gasteiger partial charge on any atom is -0.484 e. The minimum absolute atomic E-state index is 0.138. The van der Waals surface area contributed by atoms with E-state index in [1.165, 1.54) is 17.2 Å². The molecule has 12 heteroatoms. The maximum atomic E-state index is 13.6. The zero-order valence-electron chi connectivity index (χ0n) is 22.4. The normalized spacial score (nSPS) is 16.2. The van der Waals surface area contributed by atoms with E-state index in [1.54, 1.807) is 45.3 Å². The van der Waals surface area contributed by atoms with Crippen molar-refractivity contribution in [3.05, 3.63) is 76.8 Å². The summed E-state index contributed by atoms with van der Waals surface area (Å²) in [6.07, 6.45) is 0. The van der Waals surface area contributed by atoms with Crippen molar-refractivity contribution >= 4 is 46.0 Å². The van der Waals surface area contributed by atoms with E-state index in [0.717, 1.165) is 21.8 Å². The van der Waals surface area contributed by atoms with Crippen LogP contribution in [0.25, 0.3) is 0 Å². The Morgan fingerprint density at radius 3 is 2.38 bits per heavy atom. The fourth-order valence-corrected chi connectivity index (χ4v) is 4.95. The van der Waals surface area contributed by atoms with Crippen LogP contribution in [0.2, 0.25) is 0 Å². The van der Waals surface area contributed by atoms with Crippen LogP contribution in [0.3, 0.4) is 0 Å². The Bertz CT molecular complexity index is 1420. The molecule has 40 heavy (non-hydrogen) atoms. The van der Waals surface area contributed by atoms with E-state index in [-0.39, 0.29) is 29.1 Å². The smallest absolute Gasteiger partial charge is 0.325 e. The molecule has 1 fully saturated rings. The molecule has 4 rings (SSSR count). The fraction of sp³-hybridized carbons (Fsp3) is 0.286. The number of urea groups is 1. The molecule has 3 atom stereocenters. The number of imide groups is 1. The van der Waals surface area contributed by atoms with Crippen LogP contribution >= 0.6 is 11.3 Å². The van der Waals surface area contributed by atoms with E-state index in [1.807, 2.05) is 30.3 Å². The van der Waals surface area contributed by atoms with Crippen molar-refractivity contribution in [2.24, 2.45) is 0 Å². The van der Waals surface area contributed by atoms with Crippen molar-refractivity contribution in [1.82, 2.24) is 20.1 Å². The van der Waals surface area contributed by atoms with Crippen LogP contribution in [0.5, 0.6) is 5.75 Å². The monoisotopic (exact) mass is 563 g/mol. The second-order valence-corrected chi connectivity index (χ2v) is 10.3. The molecule has 1 saturated heterocycles.